The molecule has 174 valence electrons. The van der Waals surface area contributed by atoms with Crippen LogP contribution in [-0.4, -0.2) is 66.4 Å². The van der Waals surface area contributed by atoms with Crippen molar-refractivity contribution < 1.29 is 18.9 Å². The lowest BCUT2D eigenvalue weighted by atomic mass is 9.49. The number of ether oxygens (including phenoxy) is 2. The van der Waals surface area contributed by atoms with Gasteiger partial charge in [0, 0.05) is 48.4 Å². The van der Waals surface area contributed by atoms with Gasteiger partial charge in [-0.15, -0.1) is 11.6 Å². The Balaban J connectivity index is 1.82. The standard InChI is InChI=1S/C22H38BN3O4S/c1-20(2,3)29-19(27)26-11-8-17(25-15-9-12-28-13-10-15)16(14-26)18(24)31-23-21(4,5)22(6,7)30-23/h15H,8-14,24H2,1-7H3. The smallest absolute Gasteiger partial charge is 0.410 e. The second-order valence-electron chi connectivity index (χ2n) is 10.7. The molecule has 1 amide bonds. The number of hydrogen-bond donors (Lipinski definition) is 1. The first-order valence-electron chi connectivity index (χ1n) is 11.3. The van der Waals surface area contributed by atoms with Crippen molar-refractivity contribution in [1.82, 2.24) is 4.90 Å². The van der Waals surface area contributed by atoms with Gasteiger partial charge in [0.1, 0.15) is 5.60 Å². The van der Waals surface area contributed by atoms with Crippen molar-refractivity contribution in [2.45, 2.75) is 90.3 Å². The second kappa shape index (κ2) is 8.98. The number of rotatable bonds is 3. The van der Waals surface area contributed by atoms with Crippen molar-refractivity contribution in [3.8, 4) is 0 Å². The Hall–Kier alpha value is -1.19. The van der Waals surface area contributed by atoms with E-state index in [9.17, 15) is 4.79 Å². The number of piperidine rings is 1. The third-order valence-electron chi connectivity index (χ3n) is 6.57. The SMILES string of the molecule is CC(C)(C)OC(=O)N1CCC(=NC2CCOCC2)C(=C(N)SB2OC(C)(C)C2(C)C)C1. The van der Waals surface area contributed by atoms with Gasteiger partial charge in [-0.25, -0.2) is 4.79 Å². The summed E-state index contributed by atoms with van der Waals surface area (Å²) in [5.74, 6) is 0. The van der Waals surface area contributed by atoms with Gasteiger partial charge in [0.2, 0.25) is 0 Å². The maximum Gasteiger partial charge on any atom is 0.410 e. The molecule has 0 aromatic carbocycles. The highest BCUT2D eigenvalue weighted by Gasteiger charge is 2.59. The third kappa shape index (κ3) is 5.60. The minimum atomic E-state index is -0.535. The highest BCUT2D eigenvalue weighted by Crippen LogP contribution is 2.57. The van der Waals surface area contributed by atoms with Gasteiger partial charge >= 0.3 is 12.3 Å². The average molecular weight is 451 g/mol. The number of carbonyl (C=O) groups is 1. The molecular formula is C22H38BN3O4S. The van der Waals surface area contributed by atoms with Crippen molar-refractivity contribution in [3.05, 3.63) is 10.6 Å². The zero-order valence-electron chi connectivity index (χ0n) is 20.1. The zero-order valence-corrected chi connectivity index (χ0v) is 20.9. The van der Waals surface area contributed by atoms with Gasteiger partial charge in [-0.1, -0.05) is 13.8 Å². The predicted octanol–water partition coefficient (Wildman–Crippen LogP) is 4.23. The molecule has 9 heteroatoms. The topological polar surface area (TPSA) is 86.4 Å². The number of nitrogens with zero attached hydrogens (tertiary/aromatic N) is 2. The van der Waals surface area contributed by atoms with Crippen LogP contribution in [0.1, 0.15) is 67.7 Å². The van der Waals surface area contributed by atoms with E-state index in [1.54, 1.807) is 16.5 Å². The van der Waals surface area contributed by atoms with E-state index in [1.165, 1.54) is 0 Å². The van der Waals surface area contributed by atoms with Crippen LogP contribution in [0.3, 0.4) is 0 Å². The summed E-state index contributed by atoms with van der Waals surface area (Å²) in [6.45, 7) is 16.7. The first kappa shape index (κ1) is 24.5. The molecule has 0 aromatic rings. The number of amides is 1. The summed E-state index contributed by atoms with van der Waals surface area (Å²) in [4.78, 5) is 19.5. The van der Waals surface area contributed by atoms with E-state index in [1.807, 2.05) is 20.8 Å². The molecule has 0 radical (unpaired) electrons. The number of carbonyl (C=O) groups excluding carboxylic acids is 1. The number of likely N-dealkylation sites (tertiary alicyclic amines) is 1. The molecule has 0 aliphatic carbocycles. The predicted molar refractivity (Wildman–Crippen MR) is 127 cm³/mol. The van der Waals surface area contributed by atoms with Crippen molar-refractivity contribution in [2.75, 3.05) is 26.3 Å². The molecule has 3 heterocycles. The molecule has 0 saturated carbocycles. The summed E-state index contributed by atoms with van der Waals surface area (Å²) in [5.41, 5.74) is 7.84. The monoisotopic (exact) mass is 451 g/mol. The molecule has 3 aliphatic heterocycles. The summed E-state index contributed by atoms with van der Waals surface area (Å²) in [6.07, 6.45) is 2.18. The van der Waals surface area contributed by atoms with Crippen molar-refractivity contribution in [3.63, 3.8) is 0 Å². The highest BCUT2D eigenvalue weighted by atomic mass is 32.2. The quantitative estimate of drug-likeness (QED) is 0.647. The highest BCUT2D eigenvalue weighted by molar-refractivity contribution is 8.28. The minimum Gasteiger partial charge on any atom is -0.444 e. The lowest BCUT2D eigenvalue weighted by molar-refractivity contribution is -0.00476. The molecule has 0 unspecified atom stereocenters. The minimum absolute atomic E-state index is 0.0135. The fourth-order valence-electron chi connectivity index (χ4n) is 3.78. The second-order valence-corrected chi connectivity index (χ2v) is 11.8. The molecule has 31 heavy (non-hydrogen) atoms. The van der Waals surface area contributed by atoms with Crippen LogP contribution in [0, 0.1) is 0 Å². The molecule has 0 bridgehead atoms. The summed E-state index contributed by atoms with van der Waals surface area (Å²) in [7, 11) is 0. The Labute approximate surface area is 191 Å². The van der Waals surface area contributed by atoms with Crippen LogP contribution in [0.5, 0.6) is 0 Å². The van der Waals surface area contributed by atoms with Crippen LogP contribution in [0.2, 0.25) is 5.31 Å². The first-order valence-corrected chi connectivity index (χ1v) is 12.1. The van der Waals surface area contributed by atoms with E-state index in [0.29, 0.717) is 24.5 Å². The van der Waals surface area contributed by atoms with Crippen molar-refractivity contribution in [2.24, 2.45) is 10.7 Å². The van der Waals surface area contributed by atoms with Crippen LogP contribution >= 0.6 is 11.6 Å². The van der Waals surface area contributed by atoms with Crippen LogP contribution in [0.15, 0.2) is 15.6 Å². The molecule has 3 aliphatic rings. The lowest BCUT2D eigenvalue weighted by Crippen LogP contribution is -2.60. The summed E-state index contributed by atoms with van der Waals surface area (Å²) in [5, 5.41) is 0.674. The van der Waals surface area contributed by atoms with Crippen molar-refractivity contribution in [1.29, 1.82) is 0 Å². The molecule has 0 atom stereocenters. The van der Waals surface area contributed by atoms with Gasteiger partial charge in [0.25, 0.3) is 0 Å². The van der Waals surface area contributed by atoms with E-state index in [2.05, 4.69) is 27.7 Å². The number of hydrogen-bond acceptors (Lipinski definition) is 7. The average Bonchev–Trinajstić information content (AvgIpc) is 2.67. The molecule has 0 spiro atoms. The van der Waals surface area contributed by atoms with E-state index in [-0.39, 0.29) is 29.2 Å². The number of nitrogens with two attached hydrogens (primary N) is 1. The molecule has 3 fully saturated rings. The largest absolute Gasteiger partial charge is 0.444 e. The Morgan fingerprint density at radius 3 is 2.45 bits per heavy atom. The Morgan fingerprint density at radius 1 is 1.26 bits per heavy atom. The Morgan fingerprint density at radius 2 is 1.90 bits per heavy atom. The van der Waals surface area contributed by atoms with Crippen LogP contribution in [0.4, 0.5) is 4.79 Å². The van der Waals surface area contributed by atoms with Gasteiger partial charge in [-0.2, -0.15) is 0 Å². The summed E-state index contributed by atoms with van der Waals surface area (Å²) >= 11 is 1.55. The lowest BCUT2D eigenvalue weighted by Gasteiger charge is -2.56. The summed E-state index contributed by atoms with van der Waals surface area (Å²) in [6, 6.07) is 0.250. The van der Waals surface area contributed by atoms with Crippen molar-refractivity contribution >= 4 is 29.6 Å². The third-order valence-corrected chi connectivity index (χ3v) is 7.97. The maximum absolute atomic E-state index is 12.7. The van der Waals surface area contributed by atoms with E-state index < -0.39 is 5.60 Å². The Bertz CT molecular complexity index is 754. The van der Waals surface area contributed by atoms with E-state index in [4.69, 9.17) is 24.9 Å². The van der Waals surface area contributed by atoms with Gasteiger partial charge in [-0.3, -0.25) is 4.99 Å². The summed E-state index contributed by atoms with van der Waals surface area (Å²) < 4.78 is 17.2. The van der Waals surface area contributed by atoms with Gasteiger partial charge < -0.3 is 24.8 Å². The van der Waals surface area contributed by atoms with E-state index in [0.717, 1.165) is 37.3 Å². The fourth-order valence-corrected chi connectivity index (χ4v) is 5.21. The number of aliphatic imine (C=N–C) groups is 1. The zero-order chi connectivity index (χ0) is 23.0. The van der Waals surface area contributed by atoms with E-state index >= 15 is 0 Å². The van der Waals surface area contributed by atoms with Gasteiger partial charge in [0.15, 0.2) is 0 Å². The molecular weight excluding hydrogens is 413 g/mol. The van der Waals surface area contributed by atoms with Crippen LogP contribution in [0.25, 0.3) is 0 Å². The molecule has 7 nitrogen and oxygen atoms in total. The van der Waals surface area contributed by atoms with Crippen LogP contribution in [-0.2, 0) is 14.1 Å². The van der Waals surface area contributed by atoms with Gasteiger partial charge in [-0.05, 0) is 47.5 Å². The Kier molecular flexibility index (Phi) is 7.09. The molecule has 0 aromatic heterocycles. The van der Waals surface area contributed by atoms with Gasteiger partial charge in [0.05, 0.1) is 17.6 Å². The van der Waals surface area contributed by atoms with Crippen LogP contribution < -0.4 is 5.73 Å². The fraction of sp³-hybridized carbons (Fsp3) is 0.818. The maximum atomic E-state index is 12.7. The molecule has 2 N–H and O–H groups in total. The first-order chi connectivity index (χ1) is 14.3. The normalized spacial score (nSPS) is 27.1. The molecule has 3 rings (SSSR count). The molecule has 3 saturated heterocycles.